The minimum absolute atomic E-state index is 0.0730. The van der Waals surface area contributed by atoms with Gasteiger partial charge in [-0.1, -0.05) is 12.1 Å². The fraction of sp³-hybridized carbons (Fsp3) is 0.154. The number of hydrogen-bond acceptors (Lipinski definition) is 3. The topological polar surface area (TPSA) is 42.4 Å². The van der Waals surface area contributed by atoms with Crippen LogP contribution >= 0.6 is 0 Å². The molecule has 2 aromatic rings. The lowest BCUT2D eigenvalue weighted by Crippen LogP contribution is -1.95. The zero-order valence-corrected chi connectivity index (χ0v) is 9.65. The Balaban J connectivity index is 2.54. The van der Waals surface area contributed by atoms with Gasteiger partial charge in [0.15, 0.2) is 0 Å². The number of methoxy groups -OCH3 is 1. The molecule has 3 nitrogen and oxygen atoms in total. The predicted octanol–water partition coefficient (Wildman–Crippen LogP) is 2.53. The molecule has 1 N–H and O–H groups in total. The summed E-state index contributed by atoms with van der Waals surface area (Å²) in [6.07, 6.45) is 0.980. The van der Waals surface area contributed by atoms with E-state index in [0.717, 1.165) is 6.20 Å². The zero-order valence-electron chi connectivity index (χ0n) is 9.65. The number of hydrogen-bond donors (Lipinski definition) is 1. The molecule has 0 aliphatic rings. The quantitative estimate of drug-likeness (QED) is 0.911. The van der Waals surface area contributed by atoms with E-state index in [0.29, 0.717) is 5.56 Å². The van der Waals surface area contributed by atoms with E-state index in [1.165, 1.54) is 31.4 Å². The number of halogens is 2. The van der Waals surface area contributed by atoms with Crippen LogP contribution in [0.15, 0.2) is 30.5 Å². The van der Waals surface area contributed by atoms with E-state index in [2.05, 4.69) is 4.98 Å². The van der Waals surface area contributed by atoms with Gasteiger partial charge in [0.05, 0.1) is 19.9 Å². The molecule has 0 saturated heterocycles. The summed E-state index contributed by atoms with van der Waals surface area (Å²) in [7, 11) is 1.40. The van der Waals surface area contributed by atoms with Crippen LogP contribution in [0.4, 0.5) is 8.78 Å². The van der Waals surface area contributed by atoms with Gasteiger partial charge in [-0.05, 0) is 11.6 Å². The molecule has 0 unspecified atom stereocenters. The first-order valence-electron chi connectivity index (χ1n) is 5.25. The van der Waals surface area contributed by atoms with Gasteiger partial charge in [0.2, 0.25) is 5.88 Å². The third kappa shape index (κ3) is 2.31. The van der Waals surface area contributed by atoms with Gasteiger partial charge in [-0.25, -0.2) is 13.8 Å². The lowest BCUT2D eigenvalue weighted by atomic mass is 10.0. The standard InChI is InChI=1S/C13H11F2NO2/c1-18-13-5-10(12(15)6-16-13)9-3-2-8(7-17)4-11(9)14/h2-6,17H,7H2,1H3. The molecular weight excluding hydrogens is 240 g/mol. The average Bonchev–Trinajstić information content (AvgIpc) is 2.39. The molecule has 0 saturated carbocycles. The zero-order chi connectivity index (χ0) is 13.1. The van der Waals surface area contributed by atoms with Gasteiger partial charge in [0.25, 0.3) is 0 Å². The molecule has 1 aromatic heterocycles. The Morgan fingerprint density at radius 2 is 1.94 bits per heavy atom. The summed E-state index contributed by atoms with van der Waals surface area (Å²) in [4.78, 5) is 3.69. The molecule has 0 radical (unpaired) electrons. The molecule has 0 atom stereocenters. The Hall–Kier alpha value is -2.01. The molecule has 5 heteroatoms. The van der Waals surface area contributed by atoms with Crippen molar-refractivity contribution in [1.82, 2.24) is 4.98 Å². The third-order valence-electron chi connectivity index (χ3n) is 2.55. The molecule has 0 aliphatic heterocycles. The monoisotopic (exact) mass is 251 g/mol. The Labute approximate surface area is 103 Å². The van der Waals surface area contributed by atoms with E-state index in [4.69, 9.17) is 9.84 Å². The molecule has 2 rings (SSSR count). The summed E-state index contributed by atoms with van der Waals surface area (Å²) >= 11 is 0. The van der Waals surface area contributed by atoms with Gasteiger partial charge >= 0.3 is 0 Å². The third-order valence-corrected chi connectivity index (χ3v) is 2.55. The summed E-state index contributed by atoms with van der Waals surface area (Å²) in [5.41, 5.74) is 0.604. The van der Waals surface area contributed by atoms with Crippen LogP contribution in [0, 0.1) is 11.6 Å². The largest absolute Gasteiger partial charge is 0.481 e. The highest BCUT2D eigenvalue weighted by Crippen LogP contribution is 2.28. The molecule has 0 spiro atoms. The van der Waals surface area contributed by atoms with Crippen LogP contribution in [0.2, 0.25) is 0 Å². The Morgan fingerprint density at radius 3 is 2.56 bits per heavy atom. The maximum Gasteiger partial charge on any atom is 0.213 e. The predicted molar refractivity (Wildman–Crippen MR) is 62.1 cm³/mol. The fourth-order valence-corrected chi connectivity index (χ4v) is 1.61. The highest BCUT2D eigenvalue weighted by Gasteiger charge is 2.12. The van der Waals surface area contributed by atoms with Crippen molar-refractivity contribution >= 4 is 0 Å². The van der Waals surface area contributed by atoms with E-state index in [9.17, 15) is 8.78 Å². The van der Waals surface area contributed by atoms with Crippen molar-refractivity contribution in [2.45, 2.75) is 6.61 Å². The molecule has 94 valence electrons. The van der Waals surface area contributed by atoms with Gasteiger partial charge in [0, 0.05) is 17.2 Å². The second kappa shape index (κ2) is 5.10. The van der Waals surface area contributed by atoms with Gasteiger partial charge in [0.1, 0.15) is 11.6 Å². The highest BCUT2D eigenvalue weighted by atomic mass is 19.1. The van der Waals surface area contributed by atoms with Crippen molar-refractivity contribution in [1.29, 1.82) is 0 Å². The average molecular weight is 251 g/mol. The van der Waals surface area contributed by atoms with E-state index >= 15 is 0 Å². The van der Waals surface area contributed by atoms with Crippen molar-refractivity contribution in [3.63, 3.8) is 0 Å². The number of ether oxygens (including phenoxy) is 1. The van der Waals surface area contributed by atoms with Crippen LogP contribution in [0.3, 0.4) is 0 Å². The molecule has 0 aliphatic carbocycles. The Bertz CT molecular complexity index is 573. The van der Waals surface area contributed by atoms with E-state index in [1.807, 2.05) is 0 Å². The van der Waals surface area contributed by atoms with Crippen molar-refractivity contribution in [2.75, 3.05) is 7.11 Å². The second-order valence-electron chi connectivity index (χ2n) is 3.68. The molecule has 1 aromatic carbocycles. The Kier molecular flexibility index (Phi) is 3.53. The van der Waals surface area contributed by atoms with Crippen LogP contribution in [0.1, 0.15) is 5.56 Å². The number of aromatic nitrogens is 1. The van der Waals surface area contributed by atoms with Crippen LogP contribution < -0.4 is 4.74 Å². The normalized spacial score (nSPS) is 10.4. The minimum atomic E-state index is -0.633. The Morgan fingerprint density at radius 1 is 1.17 bits per heavy atom. The van der Waals surface area contributed by atoms with E-state index < -0.39 is 11.6 Å². The molecule has 0 amide bonds. The molecular formula is C13H11F2NO2. The summed E-state index contributed by atoms with van der Waals surface area (Å²) in [6, 6.07) is 5.44. The highest BCUT2D eigenvalue weighted by molar-refractivity contribution is 5.65. The maximum absolute atomic E-state index is 13.8. The first-order chi connectivity index (χ1) is 8.65. The van der Waals surface area contributed by atoms with Crippen molar-refractivity contribution in [3.8, 4) is 17.0 Å². The first kappa shape index (κ1) is 12.4. The number of aliphatic hydroxyl groups excluding tert-OH is 1. The van der Waals surface area contributed by atoms with Crippen LogP contribution in [0.5, 0.6) is 5.88 Å². The van der Waals surface area contributed by atoms with Gasteiger partial charge < -0.3 is 9.84 Å². The first-order valence-corrected chi connectivity index (χ1v) is 5.25. The summed E-state index contributed by atoms with van der Waals surface area (Å²) in [6.45, 7) is -0.265. The number of nitrogens with zero attached hydrogens (tertiary/aromatic N) is 1. The molecule has 1 heterocycles. The fourth-order valence-electron chi connectivity index (χ4n) is 1.61. The molecule has 18 heavy (non-hydrogen) atoms. The van der Waals surface area contributed by atoms with E-state index in [-0.39, 0.29) is 23.6 Å². The van der Waals surface area contributed by atoms with Gasteiger partial charge in [-0.2, -0.15) is 0 Å². The number of benzene rings is 1. The maximum atomic E-state index is 13.8. The number of pyridine rings is 1. The van der Waals surface area contributed by atoms with Crippen LogP contribution in [-0.4, -0.2) is 17.2 Å². The summed E-state index contributed by atoms with van der Waals surface area (Å²) in [5.74, 6) is -1.03. The van der Waals surface area contributed by atoms with Crippen LogP contribution in [-0.2, 0) is 6.61 Å². The number of aliphatic hydroxyl groups is 1. The number of rotatable bonds is 3. The van der Waals surface area contributed by atoms with E-state index in [1.54, 1.807) is 0 Å². The smallest absolute Gasteiger partial charge is 0.213 e. The molecule has 0 bridgehead atoms. The van der Waals surface area contributed by atoms with Crippen molar-refractivity contribution in [2.24, 2.45) is 0 Å². The van der Waals surface area contributed by atoms with Crippen molar-refractivity contribution < 1.29 is 18.6 Å². The lowest BCUT2D eigenvalue weighted by molar-refractivity contribution is 0.281. The second-order valence-corrected chi connectivity index (χ2v) is 3.68. The van der Waals surface area contributed by atoms with Crippen molar-refractivity contribution in [3.05, 3.63) is 47.7 Å². The lowest BCUT2D eigenvalue weighted by Gasteiger charge is -2.07. The summed E-state index contributed by atoms with van der Waals surface area (Å²) < 4.78 is 32.3. The van der Waals surface area contributed by atoms with Gasteiger partial charge in [-0.3, -0.25) is 0 Å². The van der Waals surface area contributed by atoms with Gasteiger partial charge in [-0.15, -0.1) is 0 Å². The molecule has 0 fully saturated rings. The summed E-state index contributed by atoms with van der Waals surface area (Å²) in [5, 5.41) is 8.89. The van der Waals surface area contributed by atoms with Crippen LogP contribution in [0.25, 0.3) is 11.1 Å². The minimum Gasteiger partial charge on any atom is -0.481 e. The SMILES string of the molecule is COc1cc(-c2ccc(CO)cc2F)c(F)cn1.